The van der Waals surface area contributed by atoms with Gasteiger partial charge in [0.2, 0.25) is 0 Å². The second kappa shape index (κ2) is 8.59. The number of amides is 2. The van der Waals surface area contributed by atoms with Crippen LogP contribution in [0, 0.1) is 5.92 Å². The maximum absolute atomic E-state index is 12.8. The molecule has 0 radical (unpaired) electrons. The first kappa shape index (κ1) is 19.5. The van der Waals surface area contributed by atoms with Gasteiger partial charge >= 0.3 is 0 Å². The van der Waals surface area contributed by atoms with E-state index in [1.54, 1.807) is 18.2 Å². The van der Waals surface area contributed by atoms with Crippen molar-refractivity contribution in [3.8, 4) is 0 Å². The molecule has 0 aliphatic heterocycles. The molecule has 1 aromatic heterocycles. The van der Waals surface area contributed by atoms with E-state index < -0.39 is 0 Å². The van der Waals surface area contributed by atoms with Crippen LogP contribution in [0.15, 0.2) is 41.4 Å². The lowest BCUT2D eigenvalue weighted by Gasteiger charge is -2.20. The number of aromatic nitrogens is 1. The van der Waals surface area contributed by atoms with Crippen LogP contribution in [-0.4, -0.2) is 35.0 Å². The summed E-state index contributed by atoms with van der Waals surface area (Å²) in [6, 6.07) is 6.22. The Hall–Kier alpha value is -2.31. The highest BCUT2D eigenvalue weighted by Gasteiger charge is 2.24. The molecule has 2 aromatic rings. The standard InChI is InChI=1S/C19H19Cl2N3O3/c1-2-7-24(19(26)15-6-5-13(20)8-16(15)21)11-14-9-17(23-27-14)18(25)22-10-12-3-4-12/h2,5-6,8-9,12H,1,3-4,7,10-11H2,(H,22,25). The quantitative estimate of drug-likeness (QED) is 0.672. The van der Waals surface area contributed by atoms with Gasteiger partial charge in [-0.05, 0) is 37.0 Å². The summed E-state index contributed by atoms with van der Waals surface area (Å²) in [5, 5.41) is 7.33. The van der Waals surface area contributed by atoms with Gasteiger partial charge in [-0.25, -0.2) is 0 Å². The Bertz CT molecular complexity index is 862. The zero-order valence-electron chi connectivity index (χ0n) is 14.6. The molecule has 3 rings (SSSR count). The van der Waals surface area contributed by atoms with Crippen LogP contribution in [0.4, 0.5) is 0 Å². The van der Waals surface area contributed by atoms with Crippen LogP contribution in [-0.2, 0) is 6.54 Å². The Morgan fingerprint density at radius 1 is 1.33 bits per heavy atom. The molecule has 8 heteroatoms. The summed E-state index contributed by atoms with van der Waals surface area (Å²) in [5.41, 5.74) is 0.519. The van der Waals surface area contributed by atoms with E-state index >= 15 is 0 Å². The number of benzene rings is 1. The second-order valence-corrected chi connectivity index (χ2v) is 7.27. The summed E-state index contributed by atoms with van der Waals surface area (Å²) >= 11 is 12.0. The van der Waals surface area contributed by atoms with Crippen LogP contribution in [0.5, 0.6) is 0 Å². The summed E-state index contributed by atoms with van der Waals surface area (Å²) < 4.78 is 5.23. The molecule has 0 saturated heterocycles. The molecule has 142 valence electrons. The van der Waals surface area contributed by atoms with Crippen LogP contribution in [0.3, 0.4) is 0 Å². The van der Waals surface area contributed by atoms with Gasteiger partial charge in [0.15, 0.2) is 11.5 Å². The Balaban J connectivity index is 1.69. The number of carbonyl (C=O) groups is 2. The SMILES string of the molecule is C=CCN(Cc1cc(C(=O)NCC2CC2)no1)C(=O)c1ccc(Cl)cc1Cl. The van der Waals surface area contributed by atoms with E-state index in [-0.39, 0.29) is 35.6 Å². The lowest BCUT2D eigenvalue weighted by Crippen LogP contribution is -2.30. The molecule has 0 spiro atoms. The van der Waals surface area contributed by atoms with Crippen molar-refractivity contribution in [1.82, 2.24) is 15.4 Å². The summed E-state index contributed by atoms with van der Waals surface area (Å²) in [4.78, 5) is 26.4. The normalized spacial score (nSPS) is 13.3. The summed E-state index contributed by atoms with van der Waals surface area (Å²) in [7, 11) is 0. The van der Waals surface area contributed by atoms with Gasteiger partial charge in [-0.15, -0.1) is 6.58 Å². The molecule has 1 saturated carbocycles. The van der Waals surface area contributed by atoms with Crippen molar-refractivity contribution in [3.05, 3.63) is 64.0 Å². The van der Waals surface area contributed by atoms with Gasteiger partial charge in [0.25, 0.3) is 11.8 Å². The lowest BCUT2D eigenvalue weighted by atomic mass is 10.2. The van der Waals surface area contributed by atoms with E-state index in [0.717, 1.165) is 12.8 Å². The molecule has 0 unspecified atom stereocenters. The van der Waals surface area contributed by atoms with Crippen LogP contribution >= 0.6 is 23.2 Å². The minimum absolute atomic E-state index is 0.132. The Morgan fingerprint density at radius 2 is 2.11 bits per heavy atom. The number of nitrogens with one attached hydrogen (secondary N) is 1. The molecule has 1 aliphatic carbocycles. The molecular formula is C19H19Cl2N3O3. The maximum atomic E-state index is 12.8. The Kier molecular flexibility index (Phi) is 6.19. The van der Waals surface area contributed by atoms with Crippen molar-refractivity contribution < 1.29 is 14.1 Å². The average Bonchev–Trinajstić information content (AvgIpc) is 3.35. The molecule has 1 heterocycles. The molecule has 1 aliphatic rings. The fourth-order valence-electron chi connectivity index (χ4n) is 2.54. The van der Waals surface area contributed by atoms with Crippen LogP contribution in [0.2, 0.25) is 10.0 Å². The van der Waals surface area contributed by atoms with Gasteiger partial charge in [0, 0.05) is 24.2 Å². The molecule has 6 nitrogen and oxygen atoms in total. The first-order valence-corrected chi connectivity index (χ1v) is 9.32. The molecule has 1 N–H and O–H groups in total. The van der Waals surface area contributed by atoms with E-state index in [0.29, 0.717) is 28.8 Å². The van der Waals surface area contributed by atoms with Gasteiger partial charge in [0.05, 0.1) is 17.1 Å². The number of rotatable bonds is 8. The van der Waals surface area contributed by atoms with Crippen molar-refractivity contribution in [1.29, 1.82) is 0 Å². The molecule has 0 bridgehead atoms. The Labute approximate surface area is 167 Å². The van der Waals surface area contributed by atoms with Crippen molar-refractivity contribution in [2.24, 2.45) is 5.92 Å². The van der Waals surface area contributed by atoms with Crippen LogP contribution < -0.4 is 5.32 Å². The van der Waals surface area contributed by atoms with Gasteiger partial charge in [-0.1, -0.05) is 34.4 Å². The molecule has 1 aromatic carbocycles. The third-order valence-electron chi connectivity index (χ3n) is 4.18. The van der Waals surface area contributed by atoms with Crippen molar-refractivity contribution in [3.63, 3.8) is 0 Å². The van der Waals surface area contributed by atoms with Gasteiger partial charge in [0.1, 0.15) is 0 Å². The van der Waals surface area contributed by atoms with Crippen LogP contribution in [0.1, 0.15) is 39.4 Å². The van der Waals surface area contributed by atoms with Crippen molar-refractivity contribution >= 4 is 35.0 Å². The fourth-order valence-corrected chi connectivity index (χ4v) is 3.03. The van der Waals surface area contributed by atoms with E-state index in [2.05, 4.69) is 17.1 Å². The predicted octanol–water partition coefficient (Wildman–Crippen LogP) is 3.95. The number of nitrogens with zero attached hydrogens (tertiary/aromatic N) is 2. The summed E-state index contributed by atoms with van der Waals surface area (Å²) in [5.74, 6) is 0.393. The van der Waals surface area contributed by atoms with Gasteiger partial charge in [-0.3, -0.25) is 9.59 Å². The molecular weight excluding hydrogens is 389 g/mol. The number of carbonyl (C=O) groups excluding carboxylic acids is 2. The third kappa shape index (κ3) is 5.11. The molecule has 0 atom stereocenters. The topological polar surface area (TPSA) is 75.4 Å². The second-order valence-electron chi connectivity index (χ2n) is 6.43. The van der Waals surface area contributed by atoms with Gasteiger partial charge < -0.3 is 14.7 Å². The number of halogens is 2. The first-order valence-electron chi connectivity index (χ1n) is 8.57. The highest BCUT2D eigenvalue weighted by molar-refractivity contribution is 6.36. The van der Waals surface area contributed by atoms with E-state index in [1.807, 2.05) is 0 Å². The smallest absolute Gasteiger partial charge is 0.273 e. The molecule has 2 amide bonds. The number of hydrogen-bond donors (Lipinski definition) is 1. The molecule has 1 fully saturated rings. The van der Waals surface area contributed by atoms with Crippen LogP contribution in [0.25, 0.3) is 0 Å². The molecule has 27 heavy (non-hydrogen) atoms. The minimum atomic E-state index is -0.298. The van der Waals surface area contributed by atoms with E-state index in [9.17, 15) is 9.59 Å². The Morgan fingerprint density at radius 3 is 2.78 bits per heavy atom. The maximum Gasteiger partial charge on any atom is 0.273 e. The summed E-state index contributed by atoms with van der Waals surface area (Å²) in [6.45, 7) is 4.74. The predicted molar refractivity (Wildman–Crippen MR) is 103 cm³/mol. The third-order valence-corrected chi connectivity index (χ3v) is 4.73. The highest BCUT2D eigenvalue weighted by Crippen LogP contribution is 2.27. The zero-order chi connectivity index (χ0) is 19.4. The zero-order valence-corrected chi connectivity index (χ0v) is 16.1. The highest BCUT2D eigenvalue weighted by atomic mass is 35.5. The lowest BCUT2D eigenvalue weighted by molar-refractivity contribution is 0.0748. The summed E-state index contributed by atoms with van der Waals surface area (Å²) in [6.07, 6.45) is 3.90. The van der Waals surface area contributed by atoms with E-state index in [1.165, 1.54) is 17.0 Å². The monoisotopic (exact) mass is 407 g/mol. The number of hydrogen-bond acceptors (Lipinski definition) is 4. The van der Waals surface area contributed by atoms with Crippen molar-refractivity contribution in [2.75, 3.05) is 13.1 Å². The van der Waals surface area contributed by atoms with Crippen molar-refractivity contribution in [2.45, 2.75) is 19.4 Å². The average molecular weight is 408 g/mol. The fraction of sp³-hybridized carbons (Fsp3) is 0.316. The van der Waals surface area contributed by atoms with Gasteiger partial charge in [-0.2, -0.15) is 0 Å². The van der Waals surface area contributed by atoms with E-state index in [4.69, 9.17) is 27.7 Å². The largest absolute Gasteiger partial charge is 0.359 e. The first-order chi connectivity index (χ1) is 13.0. The minimum Gasteiger partial charge on any atom is -0.359 e.